The van der Waals surface area contributed by atoms with E-state index in [-0.39, 0.29) is 35.0 Å². The molecule has 0 fully saturated rings. The fourth-order valence-electron chi connectivity index (χ4n) is 1.75. The van der Waals surface area contributed by atoms with Gasteiger partial charge in [0.15, 0.2) is 0 Å². The van der Waals surface area contributed by atoms with Crippen LogP contribution in [0.5, 0.6) is 5.75 Å². The zero-order chi connectivity index (χ0) is 16.3. The summed E-state index contributed by atoms with van der Waals surface area (Å²) in [5, 5.41) is 14.0. The zero-order valence-corrected chi connectivity index (χ0v) is 13.1. The Morgan fingerprint density at radius 1 is 1.43 bits per heavy atom. The molecule has 0 aromatic heterocycles. The highest BCUT2D eigenvalue weighted by Crippen LogP contribution is 2.29. The lowest BCUT2D eigenvalue weighted by molar-refractivity contribution is 0.162. The maximum Gasteiger partial charge on any atom is 0.209 e. The van der Waals surface area contributed by atoms with Gasteiger partial charge in [-0.25, -0.2) is 17.9 Å². The molecular formula is C14H19FN2O3S. The van der Waals surface area contributed by atoms with Gasteiger partial charge in [-0.2, -0.15) is 5.26 Å². The van der Waals surface area contributed by atoms with E-state index in [1.54, 1.807) is 6.07 Å². The van der Waals surface area contributed by atoms with Crippen LogP contribution in [0.1, 0.15) is 26.3 Å². The van der Waals surface area contributed by atoms with E-state index >= 15 is 0 Å². The zero-order valence-electron chi connectivity index (χ0n) is 12.3. The summed E-state index contributed by atoms with van der Waals surface area (Å²) in [4.78, 5) is 0. The first-order chi connectivity index (χ1) is 9.54. The van der Waals surface area contributed by atoms with Gasteiger partial charge in [-0.15, -0.1) is 0 Å². The van der Waals surface area contributed by atoms with E-state index in [0.717, 1.165) is 6.07 Å². The molecule has 1 rings (SSSR count). The van der Waals surface area contributed by atoms with E-state index in [4.69, 9.17) is 15.1 Å². The molecule has 1 aromatic carbocycles. The van der Waals surface area contributed by atoms with Gasteiger partial charge in [0.2, 0.25) is 10.0 Å². The summed E-state index contributed by atoms with van der Waals surface area (Å²) >= 11 is 0. The molecule has 21 heavy (non-hydrogen) atoms. The standard InChI is InChI=1S/C14H19FN2O3S/c1-14(2,3)10(9-21(17,18)19)8-20-13-6-4-5-12(15)11(13)7-16/h4-6,10H,8-9H2,1-3H3,(H2,17,18,19). The Morgan fingerprint density at radius 2 is 2.05 bits per heavy atom. The number of halogens is 1. The molecule has 0 spiro atoms. The van der Waals surface area contributed by atoms with Crippen LogP contribution in [0.2, 0.25) is 0 Å². The van der Waals surface area contributed by atoms with E-state index in [0.29, 0.717) is 0 Å². The molecule has 1 unspecified atom stereocenters. The molecule has 2 N–H and O–H groups in total. The fourth-order valence-corrected chi connectivity index (χ4v) is 2.91. The summed E-state index contributed by atoms with van der Waals surface area (Å²) in [6.45, 7) is 5.62. The van der Waals surface area contributed by atoms with Crippen LogP contribution < -0.4 is 9.88 Å². The molecule has 0 saturated carbocycles. The van der Waals surface area contributed by atoms with E-state index in [2.05, 4.69) is 0 Å². The molecule has 1 atom stereocenters. The second-order valence-electron chi connectivity index (χ2n) is 5.93. The Bertz CT molecular complexity index is 645. The monoisotopic (exact) mass is 314 g/mol. The van der Waals surface area contributed by atoms with Crippen molar-refractivity contribution in [2.75, 3.05) is 12.4 Å². The summed E-state index contributed by atoms with van der Waals surface area (Å²) in [6, 6.07) is 5.79. The molecule has 0 saturated heterocycles. The highest BCUT2D eigenvalue weighted by molar-refractivity contribution is 7.89. The predicted molar refractivity (Wildman–Crippen MR) is 77.5 cm³/mol. The Hall–Kier alpha value is -1.65. The number of hydrogen-bond acceptors (Lipinski definition) is 4. The topological polar surface area (TPSA) is 93.2 Å². The number of sulfonamides is 1. The molecule has 0 heterocycles. The second kappa shape index (κ2) is 6.41. The number of ether oxygens (including phenoxy) is 1. The number of hydrogen-bond donors (Lipinski definition) is 1. The van der Waals surface area contributed by atoms with Crippen LogP contribution in [0, 0.1) is 28.5 Å². The third-order valence-corrected chi connectivity index (χ3v) is 4.05. The average Bonchev–Trinajstić information content (AvgIpc) is 2.31. The molecule has 0 amide bonds. The van der Waals surface area contributed by atoms with Crippen molar-refractivity contribution in [1.29, 1.82) is 5.26 Å². The van der Waals surface area contributed by atoms with E-state index in [1.165, 1.54) is 12.1 Å². The van der Waals surface area contributed by atoms with Gasteiger partial charge in [-0.1, -0.05) is 26.8 Å². The molecule has 7 heteroatoms. The van der Waals surface area contributed by atoms with Crippen LogP contribution >= 0.6 is 0 Å². The third kappa shape index (κ3) is 5.33. The molecule has 0 bridgehead atoms. The second-order valence-corrected chi connectivity index (χ2v) is 7.59. The van der Waals surface area contributed by atoms with Gasteiger partial charge in [0.05, 0.1) is 12.4 Å². The Morgan fingerprint density at radius 3 is 2.52 bits per heavy atom. The summed E-state index contributed by atoms with van der Waals surface area (Å²) in [5.41, 5.74) is -0.562. The highest BCUT2D eigenvalue weighted by atomic mass is 32.2. The average molecular weight is 314 g/mol. The van der Waals surface area contributed by atoms with Crippen LogP contribution in [0.4, 0.5) is 4.39 Å². The highest BCUT2D eigenvalue weighted by Gasteiger charge is 2.29. The number of benzene rings is 1. The number of nitrogens with two attached hydrogens (primary N) is 1. The lowest BCUT2D eigenvalue weighted by Gasteiger charge is -2.29. The lowest BCUT2D eigenvalue weighted by atomic mass is 9.82. The van der Waals surface area contributed by atoms with Crippen LogP contribution in [-0.4, -0.2) is 20.8 Å². The van der Waals surface area contributed by atoms with Crippen molar-refractivity contribution >= 4 is 10.0 Å². The van der Waals surface area contributed by atoms with Crippen LogP contribution in [-0.2, 0) is 10.0 Å². The smallest absolute Gasteiger partial charge is 0.209 e. The maximum absolute atomic E-state index is 13.5. The molecule has 5 nitrogen and oxygen atoms in total. The summed E-state index contributed by atoms with van der Waals surface area (Å²) < 4.78 is 41.5. The van der Waals surface area contributed by atoms with Gasteiger partial charge in [0.25, 0.3) is 0 Å². The van der Waals surface area contributed by atoms with Crippen molar-refractivity contribution in [3.8, 4) is 11.8 Å². The van der Waals surface area contributed by atoms with Crippen molar-refractivity contribution in [2.45, 2.75) is 20.8 Å². The van der Waals surface area contributed by atoms with Crippen LogP contribution in [0.25, 0.3) is 0 Å². The van der Waals surface area contributed by atoms with E-state index < -0.39 is 15.8 Å². The molecule has 0 aliphatic heterocycles. The minimum absolute atomic E-state index is 0.0259. The van der Waals surface area contributed by atoms with E-state index in [1.807, 2.05) is 20.8 Å². The number of nitriles is 1. The quantitative estimate of drug-likeness (QED) is 0.899. The molecule has 0 aliphatic carbocycles. The van der Waals surface area contributed by atoms with Gasteiger partial charge in [0, 0.05) is 5.92 Å². The molecule has 0 aliphatic rings. The first kappa shape index (κ1) is 17.4. The predicted octanol–water partition coefficient (Wildman–Crippen LogP) is 2.03. The summed E-state index contributed by atoms with van der Waals surface area (Å²) in [6.07, 6.45) is 0. The maximum atomic E-state index is 13.5. The largest absolute Gasteiger partial charge is 0.492 e. The Kier molecular flexibility index (Phi) is 5.31. The fraction of sp³-hybridized carbons (Fsp3) is 0.500. The molecule has 0 radical (unpaired) electrons. The van der Waals surface area contributed by atoms with Crippen molar-refractivity contribution < 1.29 is 17.5 Å². The van der Waals surface area contributed by atoms with Gasteiger partial charge in [-0.3, -0.25) is 0 Å². The summed E-state index contributed by atoms with van der Waals surface area (Å²) in [7, 11) is -3.65. The molecular weight excluding hydrogens is 295 g/mol. The van der Waals surface area contributed by atoms with Gasteiger partial charge in [0.1, 0.15) is 23.2 Å². The Labute approximate surface area is 124 Å². The normalized spacial score (nSPS) is 13.5. The number of rotatable bonds is 5. The lowest BCUT2D eigenvalue weighted by Crippen LogP contribution is -2.35. The first-order valence-corrected chi connectivity index (χ1v) is 8.08. The molecule has 1 aromatic rings. The van der Waals surface area contributed by atoms with Gasteiger partial charge in [-0.05, 0) is 17.5 Å². The van der Waals surface area contributed by atoms with Crippen LogP contribution in [0.15, 0.2) is 18.2 Å². The van der Waals surface area contributed by atoms with Crippen molar-refractivity contribution in [1.82, 2.24) is 0 Å². The number of primary sulfonamides is 1. The van der Waals surface area contributed by atoms with Crippen molar-refractivity contribution in [2.24, 2.45) is 16.5 Å². The molecule has 116 valence electrons. The van der Waals surface area contributed by atoms with Crippen molar-refractivity contribution in [3.63, 3.8) is 0 Å². The van der Waals surface area contributed by atoms with E-state index in [9.17, 15) is 12.8 Å². The third-order valence-electron chi connectivity index (χ3n) is 3.19. The minimum Gasteiger partial charge on any atom is -0.492 e. The van der Waals surface area contributed by atoms with Gasteiger partial charge >= 0.3 is 0 Å². The van der Waals surface area contributed by atoms with Crippen LogP contribution in [0.3, 0.4) is 0 Å². The van der Waals surface area contributed by atoms with Crippen molar-refractivity contribution in [3.05, 3.63) is 29.6 Å². The SMILES string of the molecule is CC(C)(C)C(COc1cccc(F)c1C#N)CS(N)(=O)=O. The Balaban J connectivity index is 2.93. The summed E-state index contributed by atoms with van der Waals surface area (Å²) in [5.74, 6) is -1.20. The first-order valence-electron chi connectivity index (χ1n) is 6.36. The number of nitrogens with zero attached hydrogens (tertiary/aromatic N) is 1. The minimum atomic E-state index is -3.65. The van der Waals surface area contributed by atoms with Gasteiger partial charge < -0.3 is 4.74 Å².